The summed E-state index contributed by atoms with van der Waals surface area (Å²) >= 11 is 0. The first kappa shape index (κ1) is 19.3. The Bertz CT molecular complexity index is 772. The van der Waals surface area contributed by atoms with Crippen molar-refractivity contribution >= 4 is 17.5 Å². The molecule has 0 saturated carbocycles. The van der Waals surface area contributed by atoms with Crippen LogP contribution >= 0.6 is 0 Å². The highest BCUT2D eigenvalue weighted by Crippen LogP contribution is 2.32. The maximum atomic E-state index is 12.3. The molecule has 138 valence electrons. The Morgan fingerprint density at radius 2 is 1.73 bits per heavy atom. The molecule has 0 unspecified atom stereocenters. The van der Waals surface area contributed by atoms with Crippen molar-refractivity contribution in [2.75, 3.05) is 25.7 Å². The molecular weight excluding hydrogens is 332 g/mol. The monoisotopic (exact) mass is 356 g/mol. The summed E-state index contributed by atoms with van der Waals surface area (Å²) < 4.78 is 10.5. The van der Waals surface area contributed by atoms with Crippen LogP contribution in [-0.4, -0.2) is 32.6 Å². The van der Waals surface area contributed by atoms with Gasteiger partial charge in [-0.1, -0.05) is 29.8 Å². The number of aryl methyl sites for hydroxylation is 1. The van der Waals surface area contributed by atoms with Gasteiger partial charge in [-0.25, -0.2) is 0 Å². The van der Waals surface area contributed by atoms with E-state index in [1.807, 2.05) is 31.2 Å². The number of ether oxygens (including phenoxy) is 2. The zero-order valence-electron chi connectivity index (χ0n) is 15.5. The van der Waals surface area contributed by atoms with Crippen molar-refractivity contribution in [1.82, 2.24) is 5.32 Å². The molecular formula is C20H24N2O4. The van der Waals surface area contributed by atoms with Crippen molar-refractivity contribution in [3.63, 3.8) is 0 Å². The highest BCUT2D eigenvalue weighted by atomic mass is 16.5. The fourth-order valence-electron chi connectivity index (χ4n) is 2.48. The third-order valence-corrected chi connectivity index (χ3v) is 3.97. The fraction of sp³-hybridized carbons (Fsp3) is 0.300. The van der Waals surface area contributed by atoms with Gasteiger partial charge in [-0.15, -0.1) is 0 Å². The highest BCUT2D eigenvalue weighted by molar-refractivity contribution is 5.98. The van der Waals surface area contributed by atoms with Gasteiger partial charge >= 0.3 is 0 Å². The summed E-state index contributed by atoms with van der Waals surface area (Å²) in [4.78, 5) is 25.8. The first-order valence-corrected chi connectivity index (χ1v) is 8.27. The minimum Gasteiger partial charge on any atom is -0.497 e. The van der Waals surface area contributed by atoms with Crippen molar-refractivity contribution in [3.8, 4) is 11.5 Å². The van der Waals surface area contributed by atoms with Crippen molar-refractivity contribution in [2.45, 2.75) is 20.4 Å². The molecule has 1 N–H and O–H groups in total. The van der Waals surface area contributed by atoms with Gasteiger partial charge in [0, 0.05) is 19.5 Å². The first-order chi connectivity index (χ1) is 12.4. The molecule has 0 aliphatic carbocycles. The van der Waals surface area contributed by atoms with E-state index in [-0.39, 0.29) is 18.4 Å². The Morgan fingerprint density at radius 1 is 1.04 bits per heavy atom. The fourth-order valence-corrected chi connectivity index (χ4v) is 2.48. The number of benzene rings is 2. The van der Waals surface area contributed by atoms with E-state index in [0.717, 1.165) is 11.1 Å². The van der Waals surface area contributed by atoms with Gasteiger partial charge in [0.2, 0.25) is 11.8 Å². The zero-order chi connectivity index (χ0) is 19.1. The molecule has 2 amide bonds. The lowest BCUT2D eigenvalue weighted by atomic mass is 10.1. The molecule has 0 bridgehead atoms. The minimum absolute atomic E-state index is 0.0934. The maximum Gasteiger partial charge on any atom is 0.240 e. The number of amides is 2. The van der Waals surface area contributed by atoms with E-state index in [1.54, 1.807) is 25.3 Å². The van der Waals surface area contributed by atoms with E-state index in [9.17, 15) is 9.59 Å². The molecule has 6 nitrogen and oxygen atoms in total. The largest absolute Gasteiger partial charge is 0.497 e. The lowest BCUT2D eigenvalue weighted by Gasteiger charge is -2.23. The smallest absolute Gasteiger partial charge is 0.240 e. The van der Waals surface area contributed by atoms with E-state index >= 15 is 0 Å². The van der Waals surface area contributed by atoms with Crippen molar-refractivity contribution < 1.29 is 19.1 Å². The third kappa shape index (κ3) is 4.99. The lowest BCUT2D eigenvalue weighted by molar-refractivity contribution is -0.123. The van der Waals surface area contributed by atoms with Crippen molar-refractivity contribution in [3.05, 3.63) is 53.6 Å². The summed E-state index contributed by atoms with van der Waals surface area (Å²) in [6, 6.07) is 13.0. The van der Waals surface area contributed by atoms with Gasteiger partial charge in [0.25, 0.3) is 0 Å². The van der Waals surface area contributed by atoms with Gasteiger partial charge in [0.1, 0.15) is 18.0 Å². The second-order valence-electron chi connectivity index (χ2n) is 5.91. The molecule has 2 aromatic carbocycles. The average molecular weight is 356 g/mol. The molecule has 0 fully saturated rings. The number of carbonyl (C=O) groups is 2. The molecule has 0 aliphatic rings. The molecule has 2 rings (SSSR count). The molecule has 0 radical (unpaired) electrons. The van der Waals surface area contributed by atoms with Gasteiger partial charge in [0.15, 0.2) is 0 Å². The normalized spacial score (nSPS) is 10.2. The van der Waals surface area contributed by atoms with Gasteiger partial charge in [0.05, 0.1) is 19.9 Å². The van der Waals surface area contributed by atoms with Crippen LogP contribution in [0, 0.1) is 6.92 Å². The number of methoxy groups -OCH3 is 2. The van der Waals surface area contributed by atoms with Gasteiger partial charge in [-0.05, 0) is 24.6 Å². The number of nitrogens with one attached hydrogen (secondary N) is 1. The Labute approximate surface area is 153 Å². The number of carbonyl (C=O) groups excluding carboxylic acids is 2. The maximum absolute atomic E-state index is 12.3. The van der Waals surface area contributed by atoms with Crippen LogP contribution in [-0.2, 0) is 16.1 Å². The summed E-state index contributed by atoms with van der Waals surface area (Å²) in [5, 5.41) is 2.84. The Morgan fingerprint density at radius 3 is 2.31 bits per heavy atom. The van der Waals surface area contributed by atoms with Crippen LogP contribution in [0.25, 0.3) is 0 Å². The molecule has 0 atom stereocenters. The van der Waals surface area contributed by atoms with E-state index < -0.39 is 0 Å². The summed E-state index contributed by atoms with van der Waals surface area (Å²) in [7, 11) is 3.06. The quantitative estimate of drug-likeness (QED) is 0.828. The number of hydrogen-bond acceptors (Lipinski definition) is 4. The van der Waals surface area contributed by atoms with E-state index in [2.05, 4.69) is 5.32 Å². The van der Waals surface area contributed by atoms with Crippen molar-refractivity contribution in [1.29, 1.82) is 0 Å². The summed E-state index contributed by atoms with van der Waals surface area (Å²) in [5.74, 6) is 0.571. The molecule has 0 spiro atoms. The van der Waals surface area contributed by atoms with Crippen LogP contribution in [0.3, 0.4) is 0 Å². The number of rotatable bonds is 7. The third-order valence-electron chi connectivity index (χ3n) is 3.97. The summed E-state index contributed by atoms with van der Waals surface area (Å²) in [6.45, 7) is 3.74. The van der Waals surface area contributed by atoms with Gasteiger partial charge in [-0.3, -0.25) is 14.5 Å². The standard InChI is InChI=1S/C20H24N2O4/c1-14-5-7-16(8-6-14)12-21-20(24)13-22(15(2)23)18-10-9-17(25-3)11-19(18)26-4/h5-11H,12-13H2,1-4H3,(H,21,24). The topological polar surface area (TPSA) is 67.9 Å². The molecule has 0 heterocycles. The van der Waals surface area contributed by atoms with Crippen molar-refractivity contribution in [2.24, 2.45) is 0 Å². The molecule has 2 aromatic rings. The second kappa shape index (κ2) is 8.89. The van der Waals surface area contributed by atoms with Crippen LogP contribution < -0.4 is 19.7 Å². The molecule has 0 aliphatic heterocycles. The van der Waals surface area contributed by atoms with E-state index in [4.69, 9.17) is 9.47 Å². The summed E-state index contributed by atoms with van der Waals surface area (Å²) in [5.41, 5.74) is 2.68. The van der Waals surface area contributed by atoms with Crippen LogP contribution in [0.4, 0.5) is 5.69 Å². The molecule has 0 aromatic heterocycles. The highest BCUT2D eigenvalue weighted by Gasteiger charge is 2.20. The van der Waals surface area contributed by atoms with Crippen LogP contribution in [0.1, 0.15) is 18.1 Å². The van der Waals surface area contributed by atoms with E-state index in [0.29, 0.717) is 23.7 Å². The predicted octanol–water partition coefficient (Wildman–Crippen LogP) is 2.68. The molecule has 26 heavy (non-hydrogen) atoms. The van der Waals surface area contributed by atoms with Gasteiger partial charge < -0.3 is 14.8 Å². The summed E-state index contributed by atoms with van der Waals surface area (Å²) in [6.07, 6.45) is 0. The number of nitrogens with zero attached hydrogens (tertiary/aromatic N) is 1. The zero-order valence-corrected chi connectivity index (χ0v) is 15.5. The number of anilines is 1. The Hall–Kier alpha value is -3.02. The second-order valence-corrected chi connectivity index (χ2v) is 5.91. The van der Waals surface area contributed by atoms with Crippen LogP contribution in [0.2, 0.25) is 0 Å². The first-order valence-electron chi connectivity index (χ1n) is 8.27. The molecule has 0 saturated heterocycles. The average Bonchev–Trinajstić information content (AvgIpc) is 2.65. The van der Waals surface area contributed by atoms with E-state index in [1.165, 1.54) is 18.9 Å². The Balaban J connectivity index is 2.09. The SMILES string of the molecule is COc1ccc(N(CC(=O)NCc2ccc(C)cc2)C(C)=O)c(OC)c1. The van der Waals surface area contributed by atoms with Gasteiger partial charge in [-0.2, -0.15) is 0 Å². The Kier molecular flexibility index (Phi) is 6.60. The minimum atomic E-state index is -0.251. The predicted molar refractivity (Wildman–Crippen MR) is 101 cm³/mol. The van der Waals surface area contributed by atoms with Crippen LogP contribution in [0.15, 0.2) is 42.5 Å². The number of hydrogen-bond donors (Lipinski definition) is 1. The van der Waals surface area contributed by atoms with Crippen LogP contribution in [0.5, 0.6) is 11.5 Å². The molecule has 6 heteroatoms. The lowest BCUT2D eigenvalue weighted by Crippen LogP contribution is -2.39.